The van der Waals surface area contributed by atoms with Gasteiger partial charge in [0, 0.05) is 19.3 Å². The van der Waals surface area contributed by atoms with E-state index in [1.54, 1.807) is 15.4 Å². The Bertz CT molecular complexity index is 843. The number of aryl methyl sites for hydroxylation is 1. The van der Waals surface area contributed by atoms with Crippen LogP contribution in [0, 0.1) is 0 Å². The van der Waals surface area contributed by atoms with Crippen LogP contribution in [0.2, 0.25) is 0 Å². The van der Waals surface area contributed by atoms with Gasteiger partial charge in [0.25, 0.3) is 5.56 Å². The highest BCUT2D eigenvalue weighted by Gasteiger charge is 2.18. The van der Waals surface area contributed by atoms with Gasteiger partial charge in [-0.15, -0.1) is 5.10 Å². The fourth-order valence-electron chi connectivity index (χ4n) is 2.10. The monoisotopic (exact) mass is 336 g/mol. The van der Waals surface area contributed by atoms with Crippen molar-refractivity contribution >= 4 is 21.6 Å². The van der Waals surface area contributed by atoms with Crippen molar-refractivity contribution in [1.29, 1.82) is 0 Å². The minimum absolute atomic E-state index is 0.0347. The molecule has 20 heavy (non-hydrogen) atoms. The van der Waals surface area contributed by atoms with Gasteiger partial charge in [0.2, 0.25) is 5.65 Å². The van der Waals surface area contributed by atoms with Gasteiger partial charge in [-0.05, 0) is 35.8 Å². The molecular formula is C12H13BrN6O. The number of halogens is 1. The molecule has 0 saturated carbocycles. The van der Waals surface area contributed by atoms with Crippen LogP contribution in [-0.2, 0) is 7.05 Å². The van der Waals surface area contributed by atoms with Crippen LogP contribution in [0.3, 0.4) is 0 Å². The van der Waals surface area contributed by atoms with E-state index in [0.717, 1.165) is 0 Å². The van der Waals surface area contributed by atoms with Crippen molar-refractivity contribution in [1.82, 2.24) is 28.9 Å². The molecule has 3 aromatic rings. The van der Waals surface area contributed by atoms with E-state index in [-0.39, 0.29) is 11.6 Å². The number of rotatable bonds is 2. The first kappa shape index (κ1) is 13.0. The Hall–Kier alpha value is -1.96. The number of hydrogen-bond donors (Lipinski definition) is 0. The van der Waals surface area contributed by atoms with Gasteiger partial charge in [0.15, 0.2) is 5.82 Å². The van der Waals surface area contributed by atoms with Crippen LogP contribution in [0.5, 0.6) is 0 Å². The molecular weight excluding hydrogens is 324 g/mol. The molecule has 0 bridgehead atoms. The second kappa shape index (κ2) is 4.55. The summed E-state index contributed by atoms with van der Waals surface area (Å²) < 4.78 is 5.42. The summed E-state index contributed by atoms with van der Waals surface area (Å²) in [6, 6.07) is 1.80. The fraction of sp³-hybridized carbons (Fsp3) is 0.333. The Balaban J connectivity index is 2.42. The van der Waals surface area contributed by atoms with Gasteiger partial charge in [-0.1, -0.05) is 0 Å². The van der Waals surface area contributed by atoms with Crippen LogP contribution in [0.25, 0.3) is 17.2 Å². The molecule has 0 aliphatic rings. The lowest BCUT2D eigenvalue weighted by Crippen LogP contribution is -2.27. The third kappa shape index (κ3) is 1.87. The molecule has 0 spiro atoms. The minimum Gasteiger partial charge on any atom is -0.284 e. The molecule has 3 aromatic heterocycles. The van der Waals surface area contributed by atoms with E-state index in [4.69, 9.17) is 0 Å². The summed E-state index contributed by atoms with van der Waals surface area (Å²) in [7, 11) is 1.83. The van der Waals surface area contributed by atoms with Gasteiger partial charge in [0.1, 0.15) is 10.3 Å². The van der Waals surface area contributed by atoms with Gasteiger partial charge in [-0.3, -0.25) is 14.0 Å². The van der Waals surface area contributed by atoms with Gasteiger partial charge in [-0.2, -0.15) is 9.61 Å². The second-order valence-corrected chi connectivity index (χ2v) is 5.60. The summed E-state index contributed by atoms with van der Waals surface area (Å²) in [4.78, 5) is 16.7. The third-order valence-electron chi connectivity index (χ3n) is 2.99. The van der Waals surface area contributed by atoms with E-state index in [9.17, 15) is 4.79 Å². The van der Waals surface area contributed by atoms with Crippen molar-refractivity contribution in [3.63, 3.8) is 0 Å². The normalized spacial score (nSPS) is 11.7. The molecule has 0 radical (unpaired) electrons. The Labute approximate surface area is 123 Å². The molecule has 0 saturated heterocycles. The first-order chi connectivity index (χ1) is 9.49. The van der Waals surface area contributed by atoms with E-state index in [1.807, 2.05) is 33.2 Å². The molecule has 0 aromatic carbocycles. The largest absolute Gasteiger partial charge is 0.297 e. The van der Waals surface area contributed by atoms with E-state index >= 15 is 0 Å². The average Bonchev–Trinajstić information content (AvgIpc) is 2.96. The first-order valence-electron chi connectivity index (χ1n) is 6.15. The predicted octanol–water partition coefficient (Wildman–Crippen LogP) is 1.63. The number of imidazole rings is 1. The highest BCUT2D eigenvalue weighted by atomic mass is 79.9. The molecule has 104 valence electrons. The number of aromatic nitrogens is 6. The summed E-state index contributed by atoms with van der Waals surface area (Å²) in [5, 5.41) is 8.83. The van der Waals surface area contributed by atoms with Crippen LogP contribution in [0.15, 0.2) is 27.9 Å². The zero-order chi connectivity index (χ0) is 14.4. The van der Waals surface area contributed by atoms with Crippen molar-refractivity contribution in [2.45, 2.75) is 19.9 Å². The van der Waals surface area contributed by atoms with Crippen molar-refractivity contribution in [3.8, 4) is 11.5 Å². The second-order valence-electron chi connectivity index (χ2n) is 4.78. The summed E-state index contributed by atoms with van der Waals surface area (Å²) >= 11 is 3.34. The molecule has 0 N–H and O–H groups in total. The van der Waals surface area contributed by atoms with Crippen LogP contribution in [0.1, 0.15) is 19.9 Å². The molecule has 0 aliphatic heterocycles. The molecule has 3 heterocycles. The first-order valence-corrected chi connectivity index (χ1v) is 6.94. The smallest absolute Gasteiger partial charge is 0.284 e. The van der Waals surface area contributed by atoms with Crippen LogP contribution in [-0.4, -0.2) is 28.9 Å². The maximum atomic E-state index is 12.6. The fourth-order valence-corrected chi connectivity index (χ4v) is 2.45. The average molecular weight is 337 g/mol. The number of hydrogen-bond acceptors (Lipinski definition) is 4. The predicted molar refractivity (Wildman–Crippen MR) is 77.5 cm³/mol. The third-order valence-corrected chi connectivity index (χ3v) is 3.53. The van der Waals surface area contributed by atoms with Gasteiger partial charge in [-0.25, -0.2) is 4.98 Å². The number of nitrogens with zero attached hydrogens (tertiary/aromatic N) is 6. The Morgan fingerprint density at radius 2 is 2.05 bits per heavy atom. The number of fused-ring (bicyclic) bond motifs is 1. The minimum atomic E-state index is -0.179. The van der Waals surface area contributed by atoms with Crippen molar-refractivity contribution < 1.29 is 0 Å². The topological polar surface area (TPSA) is 70.0 Å². The summed E-state index contributed by atoms with van der Waals surface area (Å²) in [6.45, 7) is 3.87. The van der Waals surface area contributed by atoms with Crippen LogP contribution < -0.4 is 5.56 Å². The summed E-state index contributed by atoms with van der Waals surface area (Å²) in [5.41, 5.74) is 0.771. The maximum absolute atomic E-state index is 12.6. The Morgan fingerprint density at radius 3 is 2.65 bits per heavy atom. The van der Waals surface area contributed by atoms with E-state index < -0.39 is 0 Å². The lowest BCUT2D eigenvalue weighted by Gasteiger charge is -2.14. The lowest BCUT2D eigenvalue weighted by atomic mass is 10.3. The van der Waals surface area contributed by atoms with E-state index in [1.165, 1.54) is 4.52 Å². The lowest BCUT2D eigenvalue weighted by molar-refractivity contribution is 0.563. The molecule has 8 heteroatoms. The van der Waals surface area contributed by atoms with E-state index in [0.29, 0.717) is 21.8 Å². The summed E-state index contributed by atoms with van der Waals surface area (Å²) in [6.07, 6.45) is 3.38. The van der Waals surface area contributed by atoms with Gasteiger partial charge in [0.05, 0.1) is 6.20 Å². The summed E-state index contributed by atoms with van der Waals surface area (Å²) in [5.74, 6) is 0.525. The van der Waals surface area contributed by atoms with E-state index in [2.05, 4.69) is 31.1 Å². The van der Waals surface area contributed by atoms with Crippen molar-refractivity contribution in [3.05, 3.63) is 33.4 Å². The maximum Gasteiger partial charge on any atom is 0.297 e. The van der Waals surface area contributed by atoms with Crippen molar-refractivity contribution in [2.75, 3.05) is 0 Å². The Morgan fingerprint density at radius 1 is 1.30 bits per heavy atom. The van der Waals surface area contributed by atoms with Gasteiger partial charge < -0.3 is 0 Å². The van der Waals surface area contributed by atoms with Gasteiger partial charge >= 0.3 is 0 Å². The van der Waals surface area contributed by atoms with Crippen LogP contribution >= 0.6 is 15.9 Å². The Kier molecular flexibility index (Phi) is 2.97. The SMILES string of the molecule is CC(C)n1c(-c2ccn(C)n2)nn2c(Br)cnc2c1=O. The molecule has 7 nitrogen and oxygen atoms in total. The molecule has 0 amide bonds. The molecule has 0 unspecified atom stereocenters. The zero-order valence-electron chi connectivity index (χ0n) is 11.3. The van der Waals surface area contributed by atoms with Crippen LogP contribution in [0.4, 0.5) is 0 Å². The quantitative estimate of drug-likeness (QED) is 0.713. The highest BCUT2D eigenvalue weighted by Crippen LogP contribution is 2.18. The highest BCUT2D eigenvalue weighted by molar-refractivity contribution is 9.10. The molecule has 0 atom stereocenters. The van der Waals surface area contributed by atoms with Crippen molar-refractivity contribution in [2.24, 2.45) is 7.05 Å². The molecule has 0 fully saturated rings. The standard InChI is InChI=1S/C12H13BrN6O/c1-7(2)18-10(8-4-5-17(3)15-8)16-19-9(13)6-14-11(19)12(18)20/h4-7H,1-3H3. The zero-order valence-corrected chi connectivity index (χ0v) is 12.9. The molecule has 0 aliphatic carbocycles. The molecule has 3 rings (SSSR count).